The topological polar surface area (TPSA) is 96.0 Å². The highest BCUT2D eigenvalue weighted by Gasteiger charge is 2.53. The molecule has 0 aromatic heterocycles. The van der Waals surface area contributed by atoms with Crippen LogP contribution in [0.25, 0.3) is 0 Å². The minimum Gasteiger partial charge on any atom is -0.453 e. The van der Waals surface area contributed by atoms with Crippen LogP contribution in [0.3, 0.4) is 0 Å². The quantitative estimate of drug-likeness (QED) is 0.391. The maximum absolute atomic E-state index is 12.4. The normalized spacial score (nSPS) is 28.2. The van der Waals surface area contributed by atoms with Gasteiger partial charge in [0.15, 0.2) is 0 Å². The smallest absolute Gasteiger partial charge is 0.337 e. The summed E-state index contributed by atoms with van der Waals surface area (Å²) in [5, 5.41) is 0. The molecule has 4 atom stereocenters. The van der Waals surface area contributed by atoms with E-state index in [0.717, 1.165) is 12.7 Å². The molecule has 0 spiro atoms. The van der Waals surface area contributed by atoms with Crippen LogP contribution in [0.4, 0.5) is 0 Å². The highest BCUT2D eigenvalue weighted by molar-refractivity contribution is 5.93. The predicted molar refractivity (Wildman–Crippen MR) is 99.7 cm³/mol. The monoisotopic (exact) mass is 390 g/mol. The molecule has 7 nitrogen and oxygen atoms in total. The molecule has 0 saturated carbocycles. The summed E-state index contributed by atoms with van der Waals surface area (Å²) < 4.78 is 16.1. The molecule has 1 heterocycles. The van der Waals surface area contributed by atoms with Crippen molar-refractivity contribution in [1.29, 1.82) is 0 Å². The fourth-order valence-corrected chi connectivity index (χ4v) is 3.70. The molecule has 2 rings (SSSR count). The molecule has 152 valence electrons. The predicted octanol–water partition coefficient (Wildman–Crippen LogP) is 2.80. The minimum atomic E-state index is -1.31. The van der Waals surface area contributed by atoms with E-state index in [9.17, 15) is 19.2 Å². The van der Waals surface area contributed by atoms with Crippen molar-refractivity contribution in [1.82, 2.24) is 0 Å². The van der Waals surface area contributed by atoms with Crippen LogP contribution in [-0.4, -0.2) is 36.6 Å². The van der Waals surface area contributed by atoms with Gasteiger partial charge >= 0.3 is 17.9 Å². The van der Waals surface area contributed by atoms with E-state index in [1.165, 1.54) is 20.8 Å². The number of esters is 3. The third-order valence-corrected chi connectivity index (χ3v) is 5.62. The molecule has 2 aliphatic rings. The van der Waals surface area contributed by atoms with Crippen molar-refractivity contribution in [2.24, 2.45) is 11.3 Å². The Morgan fingerprint density at radius 3 is 2.57 bits per heavy atom. The largest absolute Gasteiger partial charge is 0.453 e. The van der Waals surface area contributed by atoms with Crippen LogP contribution in [0, 0.1) is 11.3 Å². The molecular weight excluding hydrogens is 364 g/mol. The Labute approximate surface area is 164 Å². The molecule has 7 heteroatoms. The zero-order valence-electron chi connectivity index (χ0n) is 16.9. The fourth-order valence-electron chi connectivity index (χ4n) is 3.70. The second-order valence-electron chi connectivity index (χ2n) is 7.53. The third kappa shape index (κ3) is 3.79. The Kier molecular flexibility index (Phi) is 6.27. The maximum atomic E-state index is 12.4. The third-order valence-electron chi connectivity index (χ3n) is 5.62. The molecule has 0 N–H and O–H groups in total. The number of hydrogen-bond donors (Lipinski definition) is 0. The molecular formula is C21H26O7. The molecule has 1 aliphatic heterocycles. The summed E-state index contributed by atoms with van der Waals surface area (Å²) in [5.74, 6) is -2.05. The van der Waals surface area contributed by atoms with Crippen molar-refractivity contribution < 1.29 is 33.4 Å². The van der Waals surface area contributed by atoms with Crippen LogP contribution in [0.5, 0.6) is 0 Å². The number of hydrogen-bond acceptors (Lipinski definition) is 7. The first-order chi connectivity index (χ1) is 13.0. The van der Waals surface area contributed by atoms with E-state index in [4.69, 9.17) is 14.2 Å². The SMILES string of the molecule is C=C(C)C(=O)O[C@H](C1=C(C)C(=O)O[C@@H]1OC(C)=O)[C@@]1(C)C(C=O)=CCC[C@@H]1C. The van der Waals surface area contributed by atoms with Gasteiger partial charge < -0.3 is 14.2 Å². The molecule has 0 aromatic carbocycles. The molecule has 0 saturated heterocycles. The zero-order valence-corrected chi connectivity index (χ0v) is 16.9. The van der Waals surface area contributed by atoms with Crippen molar-refractivity contribution in [2.75, 3.05) is 0 Å². The van der Waals surface area contributed by atoms with E-state index < -0.39 is 35.7 Å². The van der Waals surface area contributed by atoms with E-state index in [1.807, 2.05) is 13.0 Å². The van der Waals surface area contributed by atoms with Gasteiger partial charge in [0.2, 0.25) is 0 Å². The van der Waals surface area contributed by atoms with E-state index >= 15 is 0 Å². The summed E-state index contributed by atoms with van der Waals surface area (Å²) in [4.78, 5) is 48.0. The summed E-state index contributed by atoms with van der Waals surface area (Å²) >= 11 is 0. The van der Waals surface area contributed by atoms with Crippen LogP contribution >= 0.6 is 0 Å². The lowest BCUT2D eigenvalue weighted by atomic mass is 9.62. The number of carbonyl (C=O) groups is 4. The molecule has 0 bridgehead atoms. The van der Waals surface area contributed by atoms with Gasteiger partial charge in [-0.25, -0.2) is 9.59 Å². The minimum absolute atomic E-state index is 0.0606. The number of ether oxygens (including phenoxy) is 3. The molecule has 1 aliphatic carbocycles. The van der Waals surface area contributed by atoms with Crippen LogP contribution in [-0.2, 0) is 33.4 Å². The molecule has 0 unspecified atom stereocenters. The standard InChI is InChI=1S/C21H26O7/c1-11(2)18(24)27-17(21(6)12(3)8-7-9-15(21)10-22)16-13(4)19(25)28-20(16)26-14(5)23/h9-10,12,17,20H,1,7-8H2,2-6H3/t12-,17+,20-,21+/m0/s1. The lowest BCUT2D eigenvalue weighted by molar-refractivity contribution is -0.176. The average Bonchev–Trinajstić information content (AvgIpc) is 2.88. The highest BCUT2D eigenvalue weighted by Crippen LogP contribution is 2.49. The molecule has 28 heavy (non-hydrogen) atoms. The van der Waals surface area contributed by atoms with Crippen molar-refractivity contribution in [3.05, 3.63) is 34.9 Å². The van der Waals surface area contributed by atoms with Gasteiger partial charge in [-0.15, -0.1) is 0 Å². The lowest BCUT2D eigenvalue weighted by Gasteiger charge is -2.45. The molecule has 0 fully saturated rings. The number of allylic oxidation sites excluding steroid dienone is 1. The van der Waals surface area contributed by atoms with Gasteiger partial charge in [0, 0.05) is 23.5 Å². The lowest BCUT2D eigenvalue weighted by Crippen LogP contribution is -2.48. The first kappa shape index (κ1) is 21.6. The first-order valence-electron chi connectivity index (χ1n) is 9.15. The van der Waals surface area contributed by atoms with Crippen molar-refractivity contribution in [3.8, 4) is 0 Å². The molecule has 0 radical (unpaired) electrons. The Morgan fingerprint density at radius 2 is 2.04 bits per heavy atom. The summed E-state index contributed by atoms with van der Waals surface area (Å²) in [5.41, 5.74) is 0.121. The van der Waals surface area contributed by atoms with Crippen molar-refractivity contribution in [2.45, 2.75) is 59.9 Å². The van der Waals surface area contributed by atoms with E-state index in [0.29, 0.717) is 12.0 Å². The van der Waals surface area contributed by atoms with Gasteiger partial charge in [-0.2, -0.15) is 0 Å². The van der Waals surface area contributed by atoms with Gasteiger partial charge in [0.1, 0.15) is 12.4 Å². The van der Waals surface area contributed by atoms with Gasteiger partial charge in [-0.3, -0.25) is 9.59 Å². The number of cyclic esters (lactones) is 1. The van der Waals surface area contributed by atoms with Gasteiger partial charge in [-0.05, 0) is 38.2 Å². The second kappa shape index (κ2) is 8.12. The Hall–Kier alpha value is -2.70. The van der Waals surface area contributed by atoms with Crippen LogP contribution in [0.15, 0.2) is 34.9 Å². The van der Waals surface area contributed by atoms with E-state index in [-0.39, 0.29) is 22.6 Å². The zero-order chi connectivity index (χ0) is 21.2. The van der Waals surface area contributed by atoms with Gasteiger partial charge in [0.05, 0.1) is 5.57 Å². The number of carbonyl (C=O) groups excluding carboxylic acids is 4. The number of aldehydes is 1. The summed E-state index contributed by atoms with van der Waals surface area (Å²) in [6, 6.07) is 0. The summed E-state index contributed by atoms with van der Waals surface area (Å²) in [7, 11) is 0. The van der Waals surface area contributed by atoms with Crippen molar-refractivity contribution in [3.63, 3.8) is 0 Å². The van der Waals surface area contributed by atoms with Crippen LogP contribution in [0.2, 0.25) is 0 Å². The Bertz CT molecular complexity index is 789. The van der Waals surface area contributed by atoms with Crippen LogP contribution in [0.1, 0.15) is 47.5 Å². The summed E-state index contributed by atoms with van der Waals surface area (Å²) in [6.07, 6.45) is 1.67. The highest BCUT2D eigenvalue weighted by atomic mass is 16.7. The van der Waals surface area contributed by atoms with E-state index in [1.54, 1.807) is 6.92 Å². The van der Waals surface area contributed by atoms with E-state index in [2.05, 4.69) is 6.58 Å². The molecule has 0 amide bonds. The van der Waals surface area contributed by atoms with Crippen molar-refractivity contribution >= 4 is 24.2 Å². The summed E-state index contributed by atoms with van der Waals surface area (Å²) in [6.45, 7) is 11.6. The fraction of sp³-hybridized carbons (Fsp3) is 0.524. The first-order valence-corrected chi connectivity index (χ1v) is 9.15. The Morgan fingerprint density at radius 1 is 1.39 bits per heavy atom. The molecule has 0 aromatic rings. The second-order valence-corrected chi connectivity index (χ2v) is 7.53. The average molecular weight is 390 g/mol. The van der Waals surface area contributed by atoms with Gasteiger partial charge in [-0.1, -0.05) is 26.5 Å². The van der Waals surface area contributed by atoms with Gasteiger partial charge in [0.25, 0.3) is 6.29 Å². The Balaban J connectivity index is 2.66. The van der Waals surface area contributed by atoms with Crippen LogP contribution < -0.4 is 0 Å². The number of rotatable bonds is 6. The maximum Gasteiger partial charge on any atom is 0.337 e.